The number of hydrogen-bond donors (Lipinski definition) is 1. The van der Waals surface area contributed by atoms with Crippen molar-refractivity contribution < 1.29 is 9.84 Å². The van der Waals surface area contributed by atoms with Crippen LogP contribution in [0.5, 0.6) is 5.75 Å². The Morgan fingerprint density at radius 2 is 1.92 bits per heavy atom. The summed E-state index contributed by atoms with van der Waals surface area (Å²) >= 11 is 1.33. The zero-order valence-electron chi connectivity index (χ0n) is 14.2. The van der Waals surface area contributed by atoms with E-state index in [1.165, 1.54) is 11.8 Å². The molecule has 1 atom stereocenters. The van der Waals surface area contributed by atoms with Crippen molar-refractivity contribution in [3.63, 3.8) is 0 Å². The molecule has 5 nitrogen and oxygen atoms in total. The van der Waals surface area contributed by atoms with Crippen LogP contribution < -0.4 is 10.3 Å². The van der Waals surface area contributed by atoms with E-state index in [9.17, 15) is 9.90 Å². The molecule has 0 fully saturated rings. The molecule has 1 heterocycles. The van der Waals surface area contributed by atoms with Gasteiger partial charge in [0, 0.05) is 12.3 Å². The van der Waals surface area contributed by atoms with Crippen LogP contribution in [0.25, 0.3) is 10.9 Å². The van der Waals surface area contributed by atoms with Crippen LogP contribution in [0.4, 0.5) is 0 Å². The van der Waals surface area contributed by atoms with Gasteiger partial charge in [-0.1, -0.05) is 48.2 Å². The third-order valence-electron chi connectivity index (χ3n) is 3.73. The maximum Gasteiger partial charge on any atom is 0.262 e. The molecule has 3 aromatic rings. The lowest BCUT2D eigenvalue weighted by molar-refractivity contribution is 0.126. The van der Waals surface area contributed by atoms with Crippen molar-refractivity contribution in [1.82, 2.24) is 9.55 Å². The number of allylic oxidation sites excluding steroid dienone is 1. The molecule has 0 radical (unpaired) electrons. The number of fused-ring (bicyclic) bond motifs is 1. The van der Waals surface area contributed by atoms with Crippen molar-refractivity contribution in [3.05, 3.63) is 77.6 Å². The summed E-state index contributed by atoms with van der Waals surface area (Å²) in [5.41, 5.74) is 0.545. The Balaban J connectivity index is 1.72. The number of rotatable bonds is 8. The third kappa shape index (κ3) is 4.33. The van der Waals surface area contributed by atoms with Crippen molar-refractivity contribution >= 4 is 22.7 Å². The summed E-state index contributed by atoms with van der Waals surface area (Å²) in [5, 5.41) is 11.3. The molecule has 0 amide bonds. The van der Waals surface area contributed by atoms with Crippen LogP contribution in [0, 0.1) is 0 Å². The topological polar surface area (TPSA) is 64.3 Å². The molecule has 0 aliphatic heterocycles. The van der Waals surface area contributed by atoms with Crippen molar-refractivity contribution in [1.29, 1.82) is 0 Å². The number of aliphatic hydroxyl groups is 1. The average Bonchev–Trinajstić information content (AvgIpc) is 2.68. The molecule has 6 heteroatoms. The van der Waals surface area contributed by atoms with Crippen LogP contribution in [0.3, 0.4) is 0 Å². The van der Waals surface area contributed by atoms with E-state index in [1.54, 1.807) is 16.7 Å². The summed E-state index contributed by atoms with van der Waals surface area (Å²) in [6.07, 6.45) is 0.984. The summed E-state index contributed by atoms with van der Waals surface area (Å²) in [7, 11) is 0. The fraction of sp³-hybridized carbons (Fsp3) is 0.200. The van der Waals surface area contributed by atoms with Crippen molar-refractivity contribution in [2.75, 3.05) is 12.4 Å². The van der Waals surface area contributed by atoms with Crippen LogP contribution in [0.15, 0.2) is 77.2 Å². The van der Waals surface area contributed by atoms with E-state index in [4.69, 9.17) is 4.74 Å². The minimum atomic E-state index is -0.680. The number of aliphatic hydroxyl groups excluding tert-OH is 1. The van der Waals surface area contributed by atoms with E-state index < -0.39 is 6.10 Å². The molecule has 0 aliphatic carbocycles. The van der Waals surface area contributed by atoms with Gasteiger partial charge in [-0.15, -0.1) is 6.58 Å². The van der Waals surface area contributed by atoms with Crippen LogP contribution in [0.2, 0.25) is 0 Å². The maximum absolute atomic E-state index is 12.7. The SMILES string of the molecule is C=CCn1c(SC[C@H](O)COc2ccccc2)nc2ccccc2c1=O. The van der Waals surface area contributed by atoms with Gasteiger partial charge in [-0.3, -0.25) is 9.36 Å². The predicted molar refractivity (Wildman–Crippen MR) is 105 cm³/mol. The molecule has 0 spiro atoms. The molecule has 0 unspecified atom stereocenters. The molecule has 0 bridgehead atoms. The van der Waals surface area contributed by atoms with Gasteiger partial charge in [0.15, 0.2) is 5.16 Å². The molecular formula is C20H20N2O3S. The molecule has 1 N–H and O–H groups in total. The molecule has 1 aromatic heterocycles. The maximum atomic E-state index is 12.7. The second-order valence-electron chi connectivity index (χ2n) is 5.70. The normalized spacial score (nSPS) is 12.0. The van der Waals surface area contributed by atoms with Gasteiger partial charge in [0.1, 0.15) is 12.4 Å². The summed E-state index contributed by atoms with van der Waals surface area (Å²) < 4.78 is 7.13. The van der Waals surface area contributed by atoms with E-state index in [-0.39, 0.29) is 12.2 Å². The number of para-hydroxylation sites is 2. The van der Waals surface area contributed by atoms with E-state index >= 15 is 0 Å². The lowest BCUT2D eigenvalue weighted by Gasteiger charge is -2.14. The lowest BCUT2D eigenvalue weighted by Crippen LogP contribution is -2.24. The molecule has 134 valence electrons. The Kier molecular flexibility index (Phi) is 6.09. The zero-order valence-corrected chi connectivity index (χ0v) is 15.1. The Morgan fingerprint density at radius 3 is 2.69 bits per heavy atom. The van der Waals surface area contributed by atoms with Crippen LogP contribution in [0.1, 0.15) is 0 Å². The van der Waals surface area contributed by atoms with Crippen molar-refractivity contribution in [2.24, 2.45) is 0 Å². The molecule has 0 saturated heterocycles. The molecule has 26 heavy (non-hydrogen) atoms. The Morgan fingerprint density at radius 1 is 1.19 bits per heavy atom. The Hall–Kier alpha value is -2.57. The number of ether oxygens (including phenoxy) is 1. The van der Waals surface area contributed by atoms with Gasteiger partial charge in [0.05, 0.1) is 17.0 Å². The largest absolute Gasteiger partial charge is 0.491 e. The van der Waals surface area contributed by atoms with Gasteiger partial charge in [0.2, 0.25) is 0 Å². The van der Waals surface area contributed by atoms with Crippen LogP contribution in [-0.4, -0.2) is 33.1 Å². The summed E-state index contributed by atoms with van der Waals surface area (Å²) in [6, 6.07) is 16.6. The highest BCUT2D eigenvalue weighted by molar-refractivity contribution is 7.99. The Bertz CT molecular complexity index is 941. The van der Waals surface area contributed by atoms with E-state index in [0.717, 1.165) is 0 Å². The number of nitrogens with zero attached hydrogens (tertiary/aromatic N) is 2. The van der Waals surface area contributed by atoms with E-state index in [0.29, 0.717) is 34.1 Å². The van der Waals surface area contributed by atoms with E-state index in [2.05, 4.69) is 11.6 Å². The van der Waals surface area contributed by atoms with Gasteiger partial charge in [-0.25, -0.2) is 4.98 Å². The lowest BCUT2D eigenvalue weighted by atomic mass is 10.2. The van der Waals surface area contributed by atoms with Gasteiger partial charge in [0.25, 0.3) is 5.56 Å². The highest BCUT2D eigenvalue weighted by Crippen LogP contribution is 2.19. The highest BCUT2D eigenvalue weighted by atomic mass is 32.2. The smallest absolute Gasteiger partial charge is 0.262 e. The first kappa shape index (κ1) is 18.2. The summed E-state index contributed by atoms with van der Waals surface area (Å²) in [5.74, 6) is 1.08. The highest BCUT2D eigenvalue weighted by Gasteiger charge is 2.13. The predicted octanol–water partition coefficient (Wildman–Crippen LogP) is 3.11. The standard InChI is InChI=1S/C20H20N2O3S/c1-2-12-22-19(24)17-10-6-7-11-18(17)21-20(22)26-14-15(23)13-25-16-8-4-3-5-9-16/h2-11,15,23H,1,12-14H2/t15-/m1/s1. The molecular weight excluding hydrogens is 348 g/mol. The summed E-state index contributed by atoms with van der Waals surface area (Å²) in [6.45, 7) is 4.26. The molecule has 3 rings (SSSR count). The quantitative estimate of drug-likeness (QED) is 0.376. The molecule has 0 aliphatic rings. The minimum Gasteiger partial charge on any atom is -0.491 e. The number of aromatic nitrogens is 2. The minimum absolute atomic E-state index is 0.104. The molecule has 2 aromatic carbocycles. The number of hydrogen-bond acceptors (Lipinski definition) is 5. The monoisotopic (exact) mass is 368 g/mol. The summed E-state index contributed by atoms with van der Waals surface area (Å²) in [4.78, 5) is 17.2. The average molecular weight is 368 g/mol. The van der Waals surface area contributed by atoms with Gasteiger partial charge in [-0.2, -0.15) is 0 Å². The van der Waals surface area contributed by atoms with Gasteiger partial charge in [-0.05, 0) is 24.3 Å². The molecule has 0 saturated carbocycles. The van der Waals surface area contributed by atoms with Crippen LogP contribution >= 0.6 is 11.8 Å². The fourth-order valence-corrected chi connectivity index (χ4v) is 3.39. The zero-order chi connectivity index (χ0) is 18.4. The third-order valence-corrected chi connectivity index (χ3v) is 4.85. The first-order chi connectivity index (χ1) is 12.7. The first-order valence-electron chi connectivity index (χ1n) is 8.28. The van der Waals surface area contributed by atoms with Crippen LogP contribution in [-0.2, 0) is 6.54 Å². The Labute approximate surface area is 156 Å². The van der Waals surface area contributed by atoms with E-state index in [1.807, 2.05) is 48.5 Å². The number of thioether (sulfide) groups is 1. The van der Waals surface area contributed by atoms with Crippen molar-refractivity contribution in [2.45, 2.75) is 17.8 Å². The van der Waals surface area contributed by atoms with Crippen molar-refractivity contribution in [3.8, 4) is 5.75 Å². The second kappa shape index (κ2) is 8.69. The second-order valence-corrected chi connectivity index (χ2v) is 6.69. The van der Waals surface area contributed by atoms with Gasteiger partial charge >= 0.3 is 0 Å². The fourth-order valence-electron chi connectivity index (χ4n) is 2.48. The first-order valence-corrected chi connectivity index (χ1v) is 9.27. The van der Waals surface area contributed by atoms with Gasteiger partial charge < -0.3 is 9.84 Å². The number of benzene rings is 2.